The van der Waals surface area contributed by atoms with E-state index in [-0.39, 0.29) is 34.7 Å². The molecular weight excluding hydrogens is 536 g/mol. The van der Waals surface area contributed by atoms with Crippen molar-refractivity contribution in [2.24, 2.45) is 5.10 Å². The SMILES string of the molecule is COc1cc(/C=N/NC(=O)C(=O)Nc2ccccc2C(=O)NC2CCCCC2)ccc1OC(=O)/C=C/c1ccccc1. The van der Waals surface area contributed by atoms with Gasteiger partial charge in [0.15, 0.2) is 11.5 Å². The molecule has 3 amide bonds. The summed E-state index contributed by atoms with van der Waals surface area (Å²) in [6.07, 6.45) is 9.41. The quantitative estimate of drug-likeness (QED) is 0.0871. The number of nitrogens with zero attached hydrogens (tertiary/aromatic N) is 1. The first-order valence-electron chi connectivity index (χ1n) is 13.6. The summed E-state index contributed by atoms with van der Waals surface area (Å²) in [5.74, 6) is -2.40. The van der Waals surface area contributed by atoms with Gasteiger partial charge in [-0.25, -0.2) is 10.2 Å². The average molecular weight is 569 g/mol. The van der Waals surface area contributed by atoms with Crippen molar-refractivity contribution in [3.8, 4) is 11.5 Å². The average Bonchev–Trinajstić information content (AvgIpc) is 3.01. The van der Waals surface area contributed by atoms with E-state index in [2.05, 4.69) is 21.2 Å². The number of benzene rings is 3. The zero-order valence-corrected chi connectivity index (χ0v) is 23.2. The second-order valence-corrected chi connectivity index (χ2v) is 9.58. The van der Waals surface area contributed by atoms with Crippen LogP contribution >= 0.6 is 0 Å². The smallest absolute Gasteiger partial charge is 0.336 e. The van der Waals surface area contributed by atoms with Crippen LogP contribution in [-0.2, 0) is 14.4 Å². The molecule has 10 heteroatoms. The van der Waals surface area contributed by atoms with Crippen LogP contribution in [0.1, 0.15) is 53.6 Å². The number of hydrogen-bond acceptors (Lipinski definition) is 7. The summed E-state index contributed by atoms with van der Waals surface area (Å²) in [5, 5.41) is 9.32. The first-order chi connectivity index (χ1) is 20.4. The van der Waals surface area contributed by atoms with Gasteiger partial charge in [0.1, 0.15) is 0 Å². The number of para-hydroxylation sites is 1. The molecule has 0 bridgehead atoms. The van der Waals surface area contributed by atoms with Crippen LogP contribution in [0.2, 0.25) is 0 Å². The van der Waals surface area contributed by atoms with Crippen LogP contribution in [-0.4, -0.2) is 43.1 Å². The van der Waals surface area contributed by atoms with Gasteiger partial charge >= 0.3 is 17.8 Å². The lowest BCUT2D eigenvalue weighted by Crippen LogP contribution is -2.37. The lowest BCUT2D eigenvalue weighted by atomic mass is 9.95. The third kappa shape index (κ3) is 8.62. The van der Waals surface area contributed by atoms with Gasteiger partial charge in [-0.05, 0) is 60.4 Å². The molecule has 1 aliphatic rings. The number of ether oxygens (including phenoxy) is 2. The molecule has 0 saturated heterocycles. The van der Waals surface area contributed by atoms with E-state index in [1.54, 1.807) is 42.5 Å². The maximum absolute atomic E-state index is 12.8. The number of amides is 3. The predicted octanol–water partition coefficient (Wildman–Crippen LogP) is 4.47. The number of carbonyl (C=O) groups excluding carboxylic acids is 4. The van der Waals surface area contributed by atoms with E-state index in [0.29, 0.717) is 5.56 Å². The van der Waals surface area contributed by atoms with Gasteiger partial charge in [-0.2, -0.15) is 5.10 Å². The van der Waals surface area contributed by atoms with Crippen LogP contribution in [0, 0.1) is 0 Å². The Balaban J connectivity index is 1.31. The van der Waals surface area contributed by atoms with Crippen LogP contribution in [0.15, 0.2) is 84.0 Å². The first kappa shape index (κ1) is 29.7. The maximum atomic E-state index is 12.8. The number of methoxy groups -OCH3 is 1. The molecule has 0 spiro atoms. The molecular formula is C32H32N4O6. The summed E-state index contributed by atoms with van der Waals surface area (Å²) in [7, 11) is 1.42. The second kappa shape index (κ2) is 14.9. The minimum atomic E-state index is -1.02. The van der Waals surface area contributed by atoms with Crippen molar-refractivity contribution in [1.82, 2.24) is 10.7 Å². The predicted molar refractivity (Wildman–Crippen MR) is 159 cm³/mol. The third-order valence-corrected chi connectivity index (χ3v) is 6.56. The Kier molecular flexibility index (Phi) is 10.6. The molecule has 4 rings (SSSR count). The Morgan fingerprint density at radius 1 is 0.833 bits per heavy atom. The highest BCUT2D eigenvalue weighted by Gasteiger charge is 2.21. The van der Waals surface area contributed by atoms with Gasteiger partial charge in [-0.3, -0.25) is 14.4 Å². The highest BCUT2D eigenvalue weighted by Crippen LogP contribution is 2.28. The van der Waals surface area contributed by atoms with E-state index in [1.165, 1.54) is 25.5 Å². The van der Waals surface area contributed by atoms with Gasteiger partial charge < -0.3 is 20.1 Å². The lowest BCUT2D eigenvalue weighted by molar-refractivity contribution is -0.136. The monoisotopic (exact) mass is 568 g/mol. The van der Waals surface area contributed by atoms with Crippen molar-refractivity contribution >= 4 is 41.7 Å². The van der Waals surface area contributed by atoms with Gasteiger partial charge in [-0.15, -0.1) is 0 Å². The van der Waals surface area contributed by atoms with Crippen LogP contribution < -0.4 is 25.5 Å². The fourth-order valence-electron chi connectivity index (χ4n) is 4.42. The van der Waals surface area contributed by atoms with E-state index in [4.69, 9.17) is 9.47 Å². The molecule has 3 aromatic rings. The number of anilines is 1. The van der Waals surface area contributed by atoms with Crippen molar-refractivity contribution < 1.29 is 28.7 Å². The summed E-state index contributed by atoms with van der Waals surface area (Å²) < 4.78 is 10.7. The molecule has 3 aromatic carbocycles. The van der Waals surface area contributed by atoms with Crippen LogP contribution in [0.25, 0.3) is 6.08 Å². The highest BCUT2D eigenvalue weighted by molar-refractivity contribution is 6.40. The van der Waals surface area contributed by atoms with Crippen LogP contribution in [0.5, 0.6) is 11.5 Å². The largest absolute Gasteiger partial charge is 0.493 e. The number of esters is 1. The van der Waals surface area contributed by atoms with Gasteiger partial charge in [0.2, 0.25) is 0 Å². The lowest BCUT2D eigenvalue weighted by Gasteiger charge is -2.23. The van der Waals surface area contributed by atoms with Gasteiger partial charge in [-0.1, -0.05) is 61.7 Å². The highest BCUT2D eigenvalue weighted by atomic mass is 16.6. The van der Waals surface area contributed by atoms with Gasteiger partial charge in [0.05, 0.1) is 24.6 Å². The van der Waals surface area contributed by atoms with Crippen molar-refractivity contribution in [3.05, 3.63) is 95.6 Å². The molecule has 0 heterocycles. The number of hydrazone groups is 1. The molecule has 0 atom stereocenters. The van der Waals surface area contributed by atoms with Crippen molar-refractivity contribution in [1.29, 1.82) is 0 Å². The zero-order chi connectivity index (χ0) is 29.7. The molecule has 1 aliphatic carbocycles. The van der Waals surface area contributed by atoms with E-state index in [9.17, 15) is 19.2 Å². The van der Waals surface area contributed by atoms with Gasteiger partial charge in [0, 0.05) is 12.1 Å². The summed E-state index contributed by atoms with van der Waals surface area (Å²) in [4.78, 5) is 49.9. The standard InChI is InChI=1S/C32H32N4O6/c1-41-28-20-23(16-18-27(28)42-29(37)19-17-22-10-4-2-5-11-22)21-33-36-32(40)31(39)35-26-15-9-8-14-25(26)30(38)34-24-12-6-3-7-13-24/h2,4-5,8-11,14-21,24H,3,6-7,12-13H2,1H3,(H,34,38)(H,35,39)(H,36,40)/b19-17+,33-21+. The van der Waals surface area contributed by atoms with Crippen LogP contribution in [0.4, 0.5) is 5.69 Å². The zero-order valence-electron chi connectivity index (χ0n) is 23.2. The Morgan fingerprint density at radius 3 is 2.33 bits per heavy atom. The first-order valence-corrected chi connectivity index (χ1v) is 13.6. The summed E-state index contributed by atoms with van der Waals surface area (Å²) in [5.41, 5.74) is 4.03. The molecule has 0 radical (unpaired) electrons. The Bertz CT molecular complexity index is 1480. The topological polar surface area (TPSA) is 135 Å². The van der Waals surface area contributed by atoms with E-state index >= 15 is 0 Å². The summed E-state index contributed by atoms with van der Waals surface area (Å²) in [6.45, 7) is 0. The Hall–Kier alpha value is -5.25. The van der Waals surface area contributed by atoms with Crippen molar-refractivity contribution in [3.63, 3.8) is 0 Å². The molecule has 1 fully saturated rings. The summed E-state index contributed by atoms with van der Waals surface area (Å²) >= 11 is 0. The molecule has 1 saturated carbocycles. The van der Waals surface area contributed by atoms with Crippen LogP contribution in [0.3, 0.4) is 0 Å². The molecule has 10 nitrogen and oxygen atoms in total. The summed E-state index contributed by atoms with van der Waals surface area (Å²) in [6, 6.07) is 20.6. The minimum Gasteiger partial charge on any atom is -0.493 e. The number of nitrogens with one attached hydrogen (secondary N) is 3. The van der Waals surface area contributed by atoms with Gasteiger partial charge in [0.25, 0.3) is 5.91 Å². The maximum Gasteiger partial charge on any atom is 0.336 e. The molecule has 42 heavy (non-hydrogen) atoms. The van der Waals surface area contributed by atoms with E-state index < -0.39 is 17.8 Å². The number of hydrogen-bond donors (Lipinski definition) is 3. The Morgan fingerprint density at radius 2 is 1.57 bits per heavy atom. The van der Waals surface area contributed by atoms with Crippen molar-refractivity contribution in [2.45, 2.75) is 38.1 Å². The fourth-order valence-corrected chi connectivity index (χ4v) is 4.42. The van der Waals surface area contributed by atoms with E-state index in [0.717, 1.165) is 37.7 Å². The molecule has 3 N–H and O–H groups in total. The molecule has 0 aromatic heterocycles. The fraction of sp³-hybridized carbons (Fsp3) is 0.219. The Labute approximate surface area is 243 Å². The number of rotatable bonds is 9. The minimum absolute atomic E-state index is 0.101. The molecule has 0 aliphatic heterocycles. The molecule has 0 unspecified atom stereocenters. The molecule has 216 valence electrons. The second-order valence-electron chi connectivity index (χ2n) is 9.58. The third-order valence-electron chi connectivity index (χ3n) is 6.56. The van der Waals surface area contributed by atoms with Crippen molar-refractivity contribution in [2.75, 3.05) is 12.4 Å². The normalized spacial score (nSPS) is 13.5. The van der Waals surface area contributed by atoms with E-state index in [1.807, 2.05) is 30.3 Å². The number of carbonyl (C=O) groups is 4.